The van der Waals surface area contributed by atoms with Gasteiger partial charge in [0.2, 0.25) is 0 Å². The molecule has 6 heteroatoms. The Bertz CT molecular complexity index is 1000. The zero-order chi connectivity index (χ0) is 19.6. The summed E-state index contributed by atoms with van der Waals surface area (Å²) in [7, 11) is 0. The summed E-state index contributed by atoms with van der Waals surface area (Å²) in [6.07, 6.45) is 4.51. The van der Waals surface area contributed by atoms with E-state index in [9.17, 15) is 14.3 Å². The highest BCUT2D eigenvalue weighted by atomic mass is 19.1. The smallest absolute Gasteiger partial charge is 0.339 e. The van der Waals surface area contributed by atoms with Gasteiger partial charge in [-0.1, -0.05) is 25.5 Å². The van der Waals surface area contributed by atoms with Gasteiger partial charge in [0, 0.05) is 29.8 Å². The van der Waals surface area contributed by atoms with Gasteiger partial charge in [0.1, 0.15) is 11.4 Å². The van der Waals surface area contributed by atoms with Gasteiger partial charge in [-0.25, -0.2) is 9.18 Å². The molecule has 0 saturated heterocycles. The second kappa shape index (κ2) is 7.53. The summed E-state index contributed by atoms with van der Waals surface area (Å²) in [6.45, 7) is 5.92. The number of aromatic carboxylic acids is 1. The number of benzene rings is 1. The molecule has 0 saturated carbocycles. The number of carboxylic acid groups (broad SMARTS) is 1. The first kappa shape index (κ1) is 18.5. The molecule has 0 amide bonds. The zero-order valence-corrected chi connectivity index (χ0v) is 15.3. The van der Waals surface area contributed by atoms with Crippen LogP contribution in [0.3, 0.4) is 0 Å². The van der Waals surface area contributed by atoms with Crippen molar-refractivity contribution in [1.82, 2.24) is 9.97 Å². The molecule has 0 aliphatic carbocycles. The number of nitrogens with zero attached hydrogens (tertiary/aromatic N) is 2. The molecule has 0 radical (unpaired) electrons. The molecule has 2 N–H and O–H groups in total. The Balaban J connectivity index is 2.11. The van der Waals surface area contributed by atoms with Gasteiger partial charge in [-0.3, -0.25) is 9.97 Å². The number of carboxylic acids is 1. The number of aryl methyl sites for hydroxylation is 1. The quantitative estimate of drug-likeness (QED) is 0.653. The average Bonchev–Trinajstić information content (AvgIpc) is 2.63. The molecule has 138 valence electrons. The normalized spacial score (nSPS) is 10.9. The number of rotatable bonds is 5. The number of aromatic nitrogens is 2. The summed E-state index contributed by atoms with van der Waals surface area (Å²) in [6, 6.07) is 8.21. The van der Waals surface area contributed by atoms with Crippen LogP contribution in [0.1, 0.15) is 41.3 Å². The maximum Gasteiger partial charge on any atom is 0.339 e. The monoisotopic (exact) mass is 365 g/mol. The molecule has 5 nitrogen and oxygen atoms in total. The van der Waals surface area contributed by atoms with E-state index in [1.165, 1.54) is 18.5 Å². The fourth-order valence-corrected chi connectivity index (χ4v) is 2.84. The minimum absolute atomic E-state index is 0.0623. The van der Waals surface area contributed by atoms with Gasteiger partial charge in [0.05, 0.1) is 11.4 Å². The molecule has 2 aromatic heterocycles. The van der Waals surface area contributed by atoms with Crippen molar-refractivity contribution in [3.8, 4) is 11.3 Å². The van der Waals surface area contributed by atoms with Crippen LogP contribution in [0.2, 0.25) is 0 Å². The van der Waals surface area contributed by atoms with E-state index in [1.54, 1.807) is 30.5 Å². The lowest BCUT2D eigenvalue weighted by Gasteiger charge is -2.17. The molecule has 0 aliphatic rings. The lowest BCUT2D eigenvalue weighted by molar-refractivity contribution is 0.0697. The van der Waals surface area contributed by atoms with Crippen LogP contribution >= 0.6 is 0 Å². The van der Waals surface area contributed by atoms with Gasteiger partial charge in [0.25, 0.3) is 0 Å². The molecule has 0 bridgehead atoms. The first-order valence-corrected chi connectivity index (χ1v) is 8.57. The predicted molar refractivity (Wildman–Crippen MR) is 103 cm³/mol. The van der Waals surface area contributed by atoms with Crippen molar-refractivity contribution in [2.75, 3.05) is 5.32 Å². The van der Waals surface area contributed by atoms with Crippen LogP contribution in [0.4, 0.5) is 15.8 Å². The van der Waals surface area contributed by atoms with Gasteiger partial charge in [-0.05, 0) is 42.7 Å². The van der Waals surface area contributed by atoms with Crippen molar-refractivity contribution in [3.05, 3.63) is 71.4 Å². The van der Waals surface area contributed by atoms with E-state index in [4.69, 9.17) is 0 Å². The van der Waals surface area contributed by atoms with Crippen LogP contribution in [0.15, 0.2) is 48.9 Å². The van der Waals surface area contributed by atoms with Crippen LogP contribution in [0, 0.1) is 12.7 Å². The Hall–Kier alpha value is -3.28. The number of carbonyl (C=O) groups is 1. The summed E-state index contributed by atoms with van der Waals surface area (Å²) >= 11 is 0. The Labute approximate surface area is 156 Å². The molecule has 27 heavy (non-hydrogen) atoms. The maximum atomic E-state index is 14.3. The third-order valence-electron chi connectivity index (χ3n) is 4.28. The van der Waals surface area contributed by atoms with E-state index in [0.717, 1.165) is 11.1 Å². The number of nitrogens with one attached hydrogen (secondary N) is 1. The Morgan fingerprint density at radius 3 is 2.63 bits per heavy atom. The van der Waals surface area contributed by atoms with Crippen molar-refractivity contribution in [3.63, 3.8) is 0 Å². The predicted octanol–water partition coefficient (Wildman–Crippen LogP) is 5.16. The van der Waals surface area contributed by atoms with E-state index < -0.39 is 5.97 Å². The molecule has 0 fully saturated rings. The van der Waals surface area contributed by atoms with E-state index in [0.29, 0.717) is 22.6 Å². The van der Waals surface area contributed by atoms with Crippen molar-refractivity contribution in [2.45, 2.75) is 26.7 Å². The molecule has 0 unspecified atom stereocenters. The lowest BCUT2D eigenvalue weighted by Crippen LogP contribution is -2.06. The highest BCUT2D eigenvalue weighted by Crippen LogP contribution is 2.32. The van der Waals surface area contributed by atoms with Crippen molar-refractivity contribution in [2.24, 2.45) is 0 Å². The molecule has 0 spiro atoms. The lowest BCUT2D eigenvalue weighted by atomic mass is 10.00. The van der Waals surface area contributed by atoms with Crippen LogP contribution in [0.5, 0.6) is 0 Å². The summed E-state index contributed by atoms with van der Waals surface area (Å²) in [4.78, 5) is 19.8. The molecule has 0 aliphatic heterocycles. The Morgan fingerprint density at radius 2 is 1.93 bits per heavy atom. The Kier molecular flexibility index (Phi) is 5.16. The number of halogens is 1. The fraction of sp³-hybridized carbons (Fsp3) is 0.190. The molecule has 2 heterocycles. The van der Waals surface area contributed by atoms with E-state index in [1.807, 2.05) is 20.8 Å². The van der Waals surface area contributed by atoms with Crippen LogP contribution in [-0.2, 0) is 0 Å². The average molecular weight is 365 g/mol. The van der Waals surface area contributed by atoms with Crippen LogP contribution in [-0.4, -0.2) is 21.0 Å². The second-order valence-electron chi connectivity index (χ2n) is 6.65. The zero-order valence-electron chi connectivity index (χ0n) is 15.3. The minimum atomic E-state index is -1.07. The third kappa shape index (κ3) is 3.95. The molecule has 3 rings (SSSR count). The minimum Gasteiger partial charge on any atom is -0.478 e. The number of hydrogen-bond acceptors (Lipinski definition) is 4. The summed E-state index contributed by atoms with van der Waals surface area (Å²) in [5.74, 6) is -1.28. The molecule has 0 atom stereocenters. The first-order chi connectivity index (χ1) is 12.9. The van der Waals surface area contributed by atoms with Gasteiger partial charge in [-0.2, -0.15) is 0 Å². The molecule has 1 aromatic carbocycles. The second-order valence-corrected chi connectivity index (χ2v) is 6.65. The number of pyridine rings is 2. The van der Waals surface area contributed by atoms with Gasteiger partial charge >= 0.3 is 5.97 Å². The number of hydrogen-bond donors (Lipinski definition) is 2. The molecule has 3 aromatic rings. The highest BCUT2D eigenvalue weighted by Gasteiger charge is 2.16. The van der Waals surface area contributed by atoms with Crippen molar-refractivity contribution >= 4 is 17.3 Å². The SMILES string of the molecule is Cc1ccc(F)c(-c2cc(Nc3ccncc3C(=O)O)c(C(C)C)cn2)c1. The van der Waals surface area contributed by atoms with Gasteiger partial charge in [0.15, 0.2) is 0 Å². The summed E-state index contributed by atoms with van der Waals surface area (Å²) in [5, 5.41) is 12.5. The van der Waals surface area contributed by atoms with Gasteiger partial charge in [-0.15, -0.1) is 0 Å². The van der Waals surface area contributed by atoms with E-state index in [-0.39, 0.29) is 17.3 Å². The van der Waals surface area contributed by atoms with Crippen LogP contribution in [0.25, 0.3) is 11.3 Å². The molecular formula is C21H20FN3O2. The Morgan fingerprint density at radius 1 is 1.15 bits per heavy atom. The summed E-state index contributed by atoms with van der Waals surface area (Å²) < 4.78 is 14.3. The largest absolute Gasteiger partial charge is 0.478 e. The van der Waals surface area contributed by atoms with E-state index >= 15 is 0 Å². The highest BCUT2D eigenvalue weighted by molar-refractivity contribution is 5.95. The van der Waals surface area contributed by atoms with E-state index in [2.05, 4.69) is 15.3 Å². The fourth-order valence-electron chi connectivity index (χ4n) is 2.84. The molecular weight excluding hydrogens is 345 g/mol. The standard InChI is InChI=1S/C21H20FN3O2/c1-12(2)15-11-24-19(14-8-13(3)4-5-17(14)22)9-20(15)25-18-6-7-23-10-16(18)21(26)27/h4-12H,1-3H3,(H,26,27)(H,23,24,25). The maximum absolute atomic E-state index is 14.3. The number of anilines is 2. The van der Waals surface area contributed by atoms with Crippen molar-refractivity contribution < 1.29 is 14.3 Å². The summed E-state index contributed by atoms with van der Waals surface area (Å²) in [5.41, 5.74) is 3.88. The first-order valence-electron chi connectivity index (χ1n) is 8.57. The van der Waals surface area contributed by atoms with Crippen molar-refractivity contribution in [1.29, 1.82) is 0 Å². The van der Waals surface area contributed by atoms with Gasteiger partial charge < -0.3 is 10.4 Å². The topological polar surface area (TPSA) is 75.1 Å². The third-order valence-corrected chi connectivity index (χ3v) is 4.28. The van der Waals surface area contributed by atoms with Crippen LogP contribution < -0.4 is 5.32 Å².